The molecule has 2 N–H and O–H groups in total. The number of ether oxygens (including phenoxy) is 2. The molecule has 0 bridgehead atoms. The van der Waals surface area contributed by atoms with Crippen LogP contribution < -0.4 is 10.6 Å². The Morgan fingerprint density at radius 2 is 2.19 bits per heavy atom. The summed E-state index contributed by atoms with van der Waals surface area (Å²) in [6, 6.07) is -0.0751. The molecule has 0 aromatic heterocycles. The fourth-order valence-corrected chi connectivity index (χ4v) is 2.35. The molecule has 1 aliphatic heterocycles. The van der Waals surface area contributed by atoms with E-state index in [9.17, 15) is 4.79 Å². The Hall–Kier alpha value is -0.300. The van der Waals surface area contributed by atoms with E-state index in [4.69, 9.17) is 9.47 Å². The van der Waals surface area contributed by atoms with Crippen LogP contribution in [0, 0.1) is 0 Å². The zero-order valence-corrected chi connectivity index (χ0v) is 10.6. The van der Waals surface area contributed by atoms with Crippen molar-refractivity contribution >= 4 is 17.7 Å². The molecule has 1 rings (SSSR count). The van der Waals surface area contributed by atoms with E-state index in [1.54, 1.807) is 11.8 Å². The molecule has 94 valence electrons. The van der Waals surface area contributed by atoms with Crippen LogP contribution in [0.5, 0.6) is 0 Å². The minimum absolute atomic E-state index is 0.0226. The molecule has 16 heavy (non-hydrogen) atoms. The van der Waals surface area contributed by atoms with Gasteiger partial charge in [0, 0.05) is 24.8 Å². The number of hydrogen-bond acceptors (Lipinski definition) is 5. The molecular weight excluding hydrogens is 228 g/mol. The van der Waals surface area contributed by atoms with Gasteiger partial charge in [0.05, 0.1) is 12.6 Å². The summed E-state index contributed by atoms with van der Waals surface area (Å²) in [7, 11) is 0. The van der Waals surface area contributed by atoms with Crippen LogP contribution in [-0.4, -0.2) is 49.6 Å². The maximum absolute atomic E-state index is 11.7. The van der Waals surface area contributed by atoms with Gasteiger partial charge in [-0.2, -0.15) is 0 Å². The van der Waals surface area contributed by atoms with Gasteiger partial charge < -0.3 is 14.8 Å². The number of carbonyl (C=O) groups is 1. The number of amides is 1. The quantitative estimate of drug-likeness (QED) is 0.629. The first-order valence-corrected chi connectivity index (χ1v) is 6.75. The lowest BCUT2D eigenvalue weighted by molar-refractivity contribution is -0.141. The fourth-order valence-electron chi connectivity index (χ4n) is 1.41. The van der Waals surface area contributed by atoms with Crippen LogP contribution in [0.1, 0.15) is 13.8 Å². The lowest BCUT2D eigenvalue weighted by atomic mass is 10.3. The lowest BCUT2D eigenvalue weighted by Crippen LogP contribution is -2.45. The summed E-state index contributed by atoms with van der Waals surface area (Å²) in [6.07, 6.45) is -0.340. The van der Waals surface area contributed by atoms with Crippen molar-refractivity contribution in [3.8, 4) is 0 Å². The summed E-state index contributed by atoms with van der Waals surface area (Å²) >= 11 is 1.73. The summed E-state index contributed by atoms with van der Waals surface area (Å²) in [5.41, 5.74) is 0. The highest BCUT2D eigenvalue weighted by molar-refractivity contribution is 7.99. The molecule has 1 saturated heterocycles. The Kier molecular flexibility index (Phi) is 6.79. The Balaban J connectivity index is 2.21. The maximum atomic E-state index is 11.7. The van der Waals surface area contributed by atoms with Gasteiger partial charge in [0.25, 0.3) is 0 Å². The van der Waals surface area contributed by atoms with Crippen LogP contribution >= 0.6 is 11.8 Å². The molecular formula is C10H20N2O3S. The predicted octanol–water partition coefficient (Wildman–Crippen LogP) is 0.164. The van der Waals surface area contributed by atoms with Crippen molar-refractivity contribution in [3.05, 3.63) is 0 Å². The minimum Gasteiger partial charge on any atom is -0.351 e. The van der Waals surface area contributed by atoms with Gasteiger partial charge in [-0.15, -0.1) is 11.8 Å². The van der Waals surface area contributed by atoms with Gasteiger partial charge in [0.1, 0.15) is 0 Å². The first-order chi connectivity index (χ1) is 7.77. The SMILES string of the molecule is CCOC(CNC(=O)C1CSCN1)OCC. The van der Waals surface area contributed by atoms with Gasteiger partial charge >= 0.3 is 0 Å². The van der Waals surface area contributed by atoms with Crippen LogP contribution in [-0.2, 0) is 14.3 Å². The fraction of sp³-hybridized carbons (Fsp3) is 0.900. The molecule has 0 aliphatic carbocycles. The van der Waals surface area contributed by atoms with Crippen molar-refractivity contribution in [2.75, 3.05) is 31.4 Å². The molecule has 5 nitrogen and oxygen atoms in total. The molecule has 1 heterocycles. The van der Waals surface area contributed by atoms with E-state index in [-0.39, 0.29) is 18.2 Å². The molecule has 1 fully saturated rings. The second-order valence-electron chi connectivity index (χ2n) is 3.36. The summed E-state index contributed by atoms with van der Waals surface area (Å²) in [5.74, 6) is 1.70. The highest BCUT2D eigenvalue weighted by atomic mass is 32.2. The monoisotopic (exact) mass is 248 g/mol. The second-order valence-corrected chi connectivity index (χ2v) is 4.39. The molecule has 0 aromatic carbocycles. The van der Waals surface area contributed by atoms with E-state index in [0.29, 0.717) is 19.8 Å². The van der Waals surface area contributed by atoms with E-state index >= 15 is 0 Å². The van der Waals surface area contributed by atoms with Crippen molar-refractivity contribution in [2.24, 2.45) is 0 Å². The zero-order chi connectivity index (χ0) is 11.8. The van der Waals surface area contributed by atoms with Crippen LogP contribution in [0.4, 0.5) is 0 Å². The second kappa shape index (κ2) is 7.89. The Bertz CT molecular complexity index is 204. The summed E-state index contributed by atoms with van der Waals surface area (Å²) in [6.45, 7) is 5.38. The van der Waals surface area contributed by atoms with Crippen molar-refractivity contribution < 1.29 is 14.3 Å². The Morgan fingerprint density at radius 1 is 1.50 bits per heavy atom. The van der Waals surface area contributed by atoms with Gasteiger partial charge in [-0.05, 0) is 13.8 Å². The average Bonchev–Trinajstić information content (AvgIpc) is 2.79. The molecule has 6 heteroatoms. The van der Waals surface area contributed by atoms with E-state index in [1.165, 1.54) is 0 Å². The highest BCUT2D eigenvalue weighted by Gasteiger charge is 2.22. The third-order valence-electron chi connectivity index (χ3n) is 2.18. The molecule has 1 amide bonds. The smallest absolute Gasteiger partial charge is 0.238 e. The first-order valence-electron chi connectivity index (χ1n) is 5.60. The Morgan fingerprint density at radius 3 is 2.69 bits per heavy atom. The third kappa shape index (κ3) is 4.69. The van der Waals surface area contributed by atoms with Gasteiger partial charge in [-0.3, -0.25) is 10.1 Å². The number of carbonyl (C=O) groups excluding carboxylic acids is 1. The van der Waals surface area contributed by atoms with E-state index in [1.807, 2.05) is 13.8 Å². The molecule has 1 aliphatic rings. The summed E-state index contributed by atoms with van der Waals surface area (Å²) in [5, 5.41) is 5.94. The normalized spacial score (nSPS) is 20.3. The van der Waals surface area contributed by atoms with Crippen LogP contribution in [0.2, 0.25) is 0 Å². The summed E-state index contributed by atoms with van der Waals surface area (Å²) in [4.78, 5) is 11.7. The molecule has 0 radical (unpaired) electrons. The number of rotatable bonds is 7. The molecule has 0 aromatic rings. The lowest BCUT2D eigenvalue weighted by Gasteiger charge is -2.18. The standard InChI is InChI=1S/C10H20N2O3S/c1-3-14-9(15-4-2)5-11-10(13)8-6-16-7-12-8/h8-9,12H,3-7H2,1-2H3,(H,11,13). The van der Waals surface area contributed by atoms with Crippen molar-refractivity contribution in [1.29, 1.82) is 0 Å². The zero-order valence-electron chi connectivity index (χ0n) is 9.82. The average molecular weight is 248 g/mol. The van der Waals surface area contributed by atoms with Crippen LogP contribution in [0.15, 0.2) is 0 Å². The number of hydrogen-bond donors (Lipinski definition) is 2. The van der Waals surface area contributed by atoms with Gasteiger partial charge in [0.2, 0.25) is 5.91 Å². The van der Waals surface area contributed by atoms with Gasteiger partial charge in [-0.1, -0.05) is 0 Å². The first kappa shape index (κ1) is 13.8. The highest BCUT2D eigenvalue weighted by Crippen LogP contribution is 2.09. The largest absolute Gasteiger partial charge is 0.351 e. The summed E-state index contributed by atoms with van der Waals surface area (Å²) < 4.78 is 10.7. The van der Waals surface area contributed by atoms with Gasteiger partial charge in [0.15, 0.2) is 6.29 Å². The molecule has 1 unspecified atom stereocenters. The Labute approximate surface area is 101 Å². The van der Waals surface area contributed by atoms with E-state index in [0.717, 1.165) is 11.6 Å². The van der Waals surface area contributed by atoms with Crippen LogP contribution in [0.3, 0.4) is 0 Å². The molecule has 0 saturated carbocycles. The van der Waals surface area contributed by atoms with Crippen LogP contribution in [0.25, 0.3) is 0 Å². The van der Waals surface area contributed by atoms with Crippen molar-refractivity contribution in [3.63, 3.8) is 0 Å². The number of thioether (sulfide) groups is 1. The minimum atomic E-state index is -0.340. The number of nitrogens with one attached hydrogen (secondary N) is 2. The van der Waals surface area contributed by atoms with E-state index in [2.05, 4.69) is 10.6 Å². The van der Waals surface area contributed by atoms with Gasteiger partial charge in [-0.25, -0.2) is 0 Å². The third-order valence-corrected chi connectivity index (χ3v) is 3.12. The van der Waals surface area contributed by atoms with Crippen molar-refractivity contribution in [2.45, 2.75) is 26.2 Å². The predicted molar refractivity (Wildman–Crippen MR) is 64.3 cm³/mol. The molecule has 0 spiro atoms. The topological polar surface area (TPSA) is 59.6 Å². The van der Waals surface area contributed by atoms with E-state index < -0.39 is 0 Å². The maximum Gasteiger partial charge on any atom is 0.238 e. The van der Waals surface area contributed by atoms with Crippen molar-refractivity contribution in [1.82, 2.24) is 10.6 Å². The molecule has 1 atom stereocenters.